The lowest BCUT2D eigenvalue weighted by molar-refractivity contribution is 0.425. The van der Waals surface area contributed by atoms with Crippen molar-refractivity contribution in [1.29, 1.82) is 0 Å². The van der Waals surface area contributed by atoms with Crippen molar-refractivity contribution >= 4 is 22.4 Å². The van der Waals surface area contributed by atoms with E-state index in [9.17, 15) is 8.42 Å². The minimum Gasteiger partial charge on any atom is -0.423 e. The molecule has 4 nitrogen and oxygen atoms in total. The average Bonchev–Trinajstić information content (AvgIpc) is 2.26. The molecule has 0 unspecified atom stereocenters. The van der Waals surface area contributed by atoms with Gasteiger partial charge in [-0.05, 0) is 24.0 Å². The highest BCUT2D eigenvalue weighted by Crippen LogP contribution is 2.10. The predicted molar refractivity (Wildman–Crippen MR) is 63.1 cm³/mol. The molecule has 0 saturated carbocycles. The summed E-state index contributed by atoms with van der Waals surface area (Å²) in [5.41, 5.74) is 0.266. The van der Waals surface area contributed by atoms with Gasteiger partial charge in [0.1, 0.15) is 0 Å². The van der Waals surface area contributed by atoms with Gasteiger partial charge >= 0.3 is 7.12 Å². The first-order valence-corrected chi connectivity index (χ1v) is 6.42. The van der Waals surface area contributed by atoms with Gasteiger partial charge in [0, 0.05) is 0 Å². The molecule has 6 heteroatoms. The van der Waals surface area contributed by atoms with E-state index in [-0.39, 0.29) is 16.1 Å². The summed E-state index contributed by atoms with van der Waals surface area (Å²) in [6.07, 6.45) is 1.94. The molecule has 2 N–H and O–H groups in total. The first-order chi connectivity index (χ1) is 7.47. The second-order valence-electron chi connectivity index (χ2n) is 3.34. The molecule has 0 saturated heterocycles. The standard InChI is InChI=1S/C10H13BO4S/c1-2-3-8-16(14,15)10-6-4-9(5-7-10)11(12)13/h2,4-7,12-13H,1,3,8H2. The number of allylic oxidation sites excluding steroid dienone is 1. The van der Waals surface area contributed by atoms with Crippen LogP contribution in [0.3, 0.4) is 0 Å². The van der Waals surface area contributed by atoms with E-state index in [1.807, 2.05) is 0 Å². The first-order valence-electron chi connectivity index (χ1n) is 4.77. The number of benzene rings is 1. The van der Waals surface area contributed by atoms with Gasteiger partial charge in [-0.2, -0.15) is 0 Å². The van der Waals surface area contributed by atoms with Crippen molar-refractivity contribution in [3.8, 4) is 0 Å². The zero-order valence-electron chi connectivity index (χ0n) is 8.70. The Bertz CT molecular complexity index is 450. The van der Waals surface area contributed by atoms with Crippen molar-refractivity contribution in [3.05, 3.63) is 36.9 Å². The first kappa shape index (κ1) is 13.0. The quantitative estimate of drug-likeness (QED) is 0.548. The Labute approximate surface area is 95.3 Å². The summed E-state index contributed by atoms with van der Waals surface area (Å²) in [6.45, 7) is 3.46. The van der Waals surface area contributed by atoms with E-state index in [0.29, 0.717) is 6.42 Å². The van der Waals surface area contributed by atoms with Crippen LogP contribution in [-0.2, 0) is 9.84 Å². The monoisotopic (exact) mass is 240 g/mol. The maximum atomic E-state index is 11.7. The third-order valence-electron chi connectivity index (χ3n) is 2.13. The third kappa shape index (κ3) is 3.20. The topological polar surface area (TPSA) is 74.6 Å². The highest BCUT2D eigenvalue weighted by Gasteiger charge is 2.15. The predicted octanol–water partition coefficient (Wildman–Crippen LogP) is -0.284. The SMILES string of the molecule is C=CCCS(=O)(=O)c1ccc(B(O)O)cc1. The van der Waals surface area contributed by atoms with Crippen molar-refractivity contribution in [2.75, 3.05) is 5.75 Å². The lowest BCUT2D eigenvalue weighted by atomic mass is 9.81. The van der Waals surface area contributed by atoms with Gasteiger partial charge in [0.05, 0.1) is 10.6 Å². The maximum absolute atomic E-state index is 11.7. The third-order valence-corrected chi connectivity index (χ3v) is 3.89. The van der Waals surface area contributed by atoms with Crippen molar-refractivity contribution < 1.29 is 18.5 Å². The Morgan fingerprint density at radius 3 is 2.25 bits per heavy atom. The van der Waals surface area contributed by atoms with E-state index in [4.69, 9.17) is 10.0 Å². The van der Waals surface area contributed by atoms with Crippen LogP contribution in [0.5, 0.6) is 0 Å². The zero-order valence-corrected chi connectivity index (χ0v) is 9.52. The molecule has 1 aromatic carbocycles. The normalized spacial score (nSPS) is 11.1. The van der Waals surface area contributed by atoms with Gasteiger partial charge in [0.25, 0.3) is 0 Å². The molecule has 0 spiro atoms. The van der Waals surface area contributed by atoms with E-state index < -0.39 is 17.0 Å². The van der Waals surface area contributed by atoms with E-state index in [2.05, 4.69) is 6.58 Å². The van der Waals surface area contributed by atoms with Crippen LogP contribution in [0.4, 0.5) is 0 Å². The Kier molecular flexibility index (Phi) is 4.29. The van der Waals surface area contributed by atoms with E-state index in [1.54, 1.807) is 6.08 Å². The summed E-state index contributed by atoms with van der Waals surface area (Å²) in [4.78, 5) is 0.179. The second kappa shape index (κ2) is 5.29. The van der Waals surface area contributed by atoms with E-state index >= 15 is 0 Å². The molecular formula is C10H13BO4S. The molecule has 1 rings (SSSR count). The van der Waals surface area contributed by atoms with E-state index in [1.165, 1.54) is 24.3 Å². The Balaban J connectivity index is 2.93. The van der Waals surface area contributed by atoms with Gasteiger partial charge in [-0.3, -0.25) is 0 Å². The Hall–Kier alpha value is -1.11. The van der Waals surface area contributed by atoms with Crippen LogP contribution in [0.1, 0.15) is 6.42 Å². The molecule has 1 aromatic rings. The molecule has 0 radical (unpaired) electrons. The number of hydrogen-bond donors (Lipinski definition) is 2. The van der Waals surface area contributed by atoms with Crippen LogP contribution in [0.2, 0.25) is 0 Å². The van der Waals surface area contributed by atoms with Crippen molar-refractivity contribution in [1.82, 2.24) is 0 Å². The molecular weight excluding hydrogens is 227 g/mol. The van der Waals surface area contributed by atoms with Crippen LogP contribution in [0.25, 0.3) is 0 Å². The summed E-state index contributed by atoms with van der Waals surface area (Å²) in [5, 5.41) is 17.7. The molecule has 0 aromatic heterocycles. The summed E-state index contributed by atoms with van der Waals surface area (Å²) in [7, 11) is -4.88. The van der Waals surface area contributed by atoms with E-state index in [0.717, 1.165) is 0 Å². The average molecular weight is 240 g/mol. The molecule has 86 valence electrons. The van der Waals surface area contributed by atoms with Crippen LogP contribution < -0.4 is 5.46 Å². The molecule has 16 heavy (non-hydrogen) atoms. The van der Waals surface area contributed by atoms with Gasteiger partial charge in [0.2, 0.25) is 0 Å². The Morgan fingerprint density at radius 2 is 1.81 bits per heavy atom. The van der Waals surface area contributed by atoms with Crippen LogP contribution in [0, 0.1) is 0 Å². The maximum Gasteiger partial charge on any atom is 0.488 e. The lowest BCUT2D eigenvalue weighted by Crippen LogP contribution is -2.29. The molecule has 0 aliphatic rings. The van der Waals surface area contributed by atoms with Crippen molar-refractivity contribution in [3.63, 3.8) is 0 Å². The van der Waals surface area contributed by atoms with Crippen molar-refractivity contribution in [2.24, 2.45) is 0 Å². The minimum atomic E-state index is -3.30. The summed E-state index contributed by atoms with van der Waals surface area (Å²) in [5.74, 6) is 0.0114. The second-order valence-corrected chi connectivity index (χ2v) is 5.45. The highest BCUT2D eigenvalue weighted by molar-refractivity contribution is 7.91. The smallest absolute Gasteiger partial charge is 0.423 e. The molecule has 0 aliphatic carbocycles. The number of sulfone groups is 1. The molecule has 0 bridgehead atoms. The number of hydrogen-bond acceptors (Lipinski definition) is 4. The van der Waals surface area contributed by atoms with Crippen LogP contribution >= 0.6 is 0 Å². The summed E-state index contributed by atoms with van der Waals surface area (Å²) in [6, 6.07) is 5.50. The molecule has 0 aliphatic heterocycles. The van der Waals surface area contributed by atoms with Crippen molar-refractivity contribution in [2.45, 2.75) is 11.3 Å². The fourth-order valence-corrected chi connectivity index (χ4v) is 2.47. The molecule has 0 heterocycles. The summed E-state index contributed by atoms with van der Waals surface area (Å²) >= 11 is 0. The zero-order chi connectivity index (χ0) is 12.2. The molecule has 0 atom stereocenters. The molecule has 0 amide bonds. The molecule has 0 fully saturated rings. The fraction of sp³-hybridized carbons (Fsp3) is 0.200. The van der Waals surface area contributed by atoms with Gasteiger partial charge in [-0.15, -0.1) is 6.58 Å². The summed E-state index contributed by atoms with van der Waals surface area (Å²) < 4.78 is 23.4. The van der Waals surface area contributed by atoms with Gasteiger partial charge < -0.3 is 10.0 Å². The fourth-order valence-electron chi connectivity index (χ4n) is 1.20. The number of rotatable bonds is 5. The largest absolute Gasteiger partial charge is 0.488 e. The highest BCUT2D eigenvalue weighted by atomic mass is 32.2. The van der Waals surface area contributed by atoms with Gasteiger partial charge in [-0.1, -0.05) is 18.2 Å². The Morgan fingerprint density at radius 1 is 1.25 bits per heavy atom. The minimum absolute atomic E-state index is 0.0114. The van der Waals surface area contributed by atoms with Crippen LogP contribution in [-0.4, -0.2) is 31.3 Å². The lowest BCUT2D eigenvalue weighted by Gasteiger charge is -2.04. The van der Waals surface area contributed by atoms with Gasteiger partial charge in [0.15, 0.2) is 9.84 Å². The van der Waals surface area contributed by atoms with Gasteiger partial charge in [-0.25, -0.2) is 8.42 Å². The van der Waals surface area contributed by atoms with Crippen LogP contribution in [0.15, 0.2) is 41.8 Å².